The van der Waals surface area contributed by atoms with Gasteiger partial charge in [0, 0.05) is 50.8 Å². The highest BCUT2D eigenvalue weighted by molar-refractivity contribution is 6.18. The highest BCUT2D eigenvalue weighted by atomic mass is 16.2. The van der Waals surface area contributed by atoms with E-state index >= 15 is 0 Å². The van der Waals surface area contributed by atoms with Crippen molar-refractivity contribution in [2.45, 2.75) is 57.7 Å². The number of carbonyl (C=O) groups excluding carboxylic acids is 2. The van der Waals surface area contributed by atoms with Gasteiger partial charge >= 0.3 is 0 Å². The zero-order chi connectivity index (χ0) is 26.2. The fourth-order valence-corrected chi connectivity index (χ4v) is 7.14. The van der Waals surface area contributed by atoms with E-state index in [9.17, 15) is 9.59 Å². The molecule has 3 unspecified atom stereocenters. The number of amides is 2. The van der Waals surface area contributed by atoms with Crippen LogP contribution in [-0.4, -0.2) is 83.9 Å². The molecule has 38 heavy (non-hydrogen) atoms. The minimum atomic E-state index is 0.1000. The predicted molar refractivity (Wildman–Crippen MR) is 153 cm³/mol. The van der Waals surface area contributed by atoms with Crippen molar-refractivity contribution >= 4 is 33.4 Å². The number of hydrogen-bond donors (Lipinski definition) is 1. The van der Waals surface area contributed by atoms with E-state index < -0.39 is 0 Å². The Balaban J connectivity index is 1.13. The van der Waals surface area contributed by atoms with Crippen molar-refractivity contribution in [3.63, 3.8) is 0 Å². The highest BCUT2D eigenvalue weighted by Gasteiger charge is 2.36. The first-order valence-electron chi connectivity index (χ1n) is 14.5. The van der Waals surface area contributed by atoms with Crippen LogP contribution < -0.4 is 5.32 Å². The van der Waals surface area contributed by atoms with Crippen LogP contribution in [0.3, 0.4) is 0 Å². The van der Waals surface area contributed by atoms with Crippen molar-refractivity contribution in [2.24, 2.45) is 5.92 Å². The van der Waals surface area contributed by atoms with Crippen molar-refractivity contribution in [1.29, 1.82) is 0 Å². The second-order valence-electron chi connectivity index (χ2n) is 11.8. The molecule has 3 atom stereocenters. The molecule has 0 saturated carbocycles. The molecule has 3 aromatic carbocycles. The number of likely N-dealkylation sites (tertiary alicyclic amines) is 2. The maximum absolute atomic E-state index is 13.9. The Morgan fingerprint density at radius 3 is 2.00 bits per heavy atom. The molecule has 3 fully saturated rings. The third kappa shape index (κ3) is 4.92. The van der Waals surface area contributed by atoms with E-state index in [0.717, 1.165) is 92.1 Å². The summed E-state index contributed by atoms with van der Waals surface area (Å²) in [6.45, 7) is 9.40. The predicted octanol–water partition coefficient (Wildman–Crippen LogP) is 4.52. The van der Waals surface area contributed by atoms with Crippen LogP contribution in [0.25, 0.3) is 21.5 Å². The second kappa shape index (κ2) is 10.7. The van der Waals surface area contributed by atoms with Gasteiger partial charge < -0.3 is 15.1 Å². The standard InChI is InChI=1S/C32H40N4O2/c1-22-19-36(20-23(2)33-22)31(37)26-10-7-15-35(21-26)27-13-16-34(17-14-27)32(38)30-28-11-5-3-8-24(28)18-25-9-4-6-12-29(25)30/h3-6,8-9,11-12,18,22-23,26-27,33H,7,10,13-17,19-21H2,1-2H3. The topological polar surface area (TPSA) is 55.9 Å². The van der Waals surface area contributed by atoms with Gasteiger partial charge in [0.2, 0.25) is 5.91 Å². The van der Waals surface area contributed by atoms with E-state index in [1.165, 1.54) is 0 Å². The summed E-state index contributed by atoms with van der Waals surface area (Å²) in [6, 6.07) is 19.8. The van der Waals surface area contributed by atoms with E-state index in [2.05, 4.69) is 64.2 Å². The number of rotatable bonds is 3. The van der Waals surface area contributed by atoms with Crippen molar-refractivity contribution in [2.75, 3.05) is 39.3 Å². The minimum Gasteiger partial charge on any atom is -0.339 e. The molecule has 0 radical (unpaired) electrons. The average molecular weight is 513 g/mol. The average Bonchev–Trinajstić information content (AvgIpc) is 2.95. The Kier molecular flexibility index (Phi) is 7.10. The summed E-state index contributed by atoms with van der Waals surface area (Å²) >= 11 is 0. The lowest BCUT2D eigenvalue weighted by Crippen LogP contribution is -2.58. The largest absolute Gasteiger partial charge is 0.339 e. The van der Waals surface area contributed by atoms with Crippen molar-refractivity contribution in [3.05, 3.63) is 60.2 Å². The normalized spacial score (nSPS) is 25.7. The first kappa shape index (κ1) is 25.3. The molecule has 2 amide bonds. The Bertz CT molecular complexity index is 1270. The van der Waals surface area contributed by atoms with Gasteiger partial charge in [0.15, 0.2) is 0 Å². The van der Waals surface area contributed by atoms with E-state index in [0.29, 0.717) is 24.0 Å². The van der Waals surface area contributed by atoms with Crippen LogP contribution in [-0.2, 0) is 4.79 Å². The summed E-state index contributed by atoms with van der Waals surface area (Å²) in [5.74, 6) is 0.582. The molecule has 3 aliphatic heterocycles. The third-order valence-corrected chi connectivity index (χ3v) is 8.92. The van der Waals surface area contributed by atoms with Crippen LogP contribution in [0.5, 0.6) is 0 Å². The van der Waals surface area contributed by atoms with E-state index in [-0.39, 0.29) is 11.8 Å². The third-order valence-electron chi connectivity index (χ3n) is 8.92. The summed E-state index contributed by atoms with van der Waals surface area (Å²) in [7, 11) is 0. The van der Waals surface area contributed by atoms with Crippen LogP contribution in [0.15, 0.2) is 54.6 Å². The van der Waals surface area contributed by atoms with Crippen LogP contribution >= 0.6 is 0 Å². The molecule has 0 bridgehead atoms. The quantitative estimate of drug-likeness (QED) is 0.525. The lowest BCUT2D eigenvalue weighted by Gasteiger charge is -2.44. The van der Waals surface area contributed by atoms with Crippen molar-refractivity contribution in [3.8, 4) is 0 Å². The number of hydrogen-bond acceptors (Lipinski definition) is 4. The van der Waals surface area contributed by atoms with Gasteiger partial charge in [-0.15, -0.1) is 0 Å². The molecule has 0 spiro atoms. The van der Waals surface area contributed by atoms with Crippen LogP contribution in [0.2, 0.25) is 0 Å². The van der Waals surface area contributed by atoms with Gasteiger partial charge in [-0.2, -0.15) is 0 Å². The highest BCUT2D eigenvalue weighted by Crippen LogP contribution is 2.31. The fourth-order valence-electron chi connectivity index (χ4n) is 7.14. The molecule has 6 rings (SSSR count). The van der Waals surface area contributed by atoms with Crippen LogP contribution in [0.1, 0.15) is 49.9 Å². The number of carbonyl (C=O) groups is 2. The first-order valence-corrected chi connectivity index (χ1v) is 14.5. The number of benzene rings is 3. The van der Waals surface area contributed by atoms with Gasteiger partial charge in [-0.05, 0) is 73.7 Å². The minimum absolute atomic E-state index is 0.1000. The molecule has 3 heterocycles. The number of nitrogens with zero attached hydrogens (tertiary/aromatic N) is 3. The van der Waals surface area contributed by atoms with Crippen molar-refractivity contribution < 1.29 is 9.59 Å². The Morgan fingerprint density at radius 2 is 1.37 bits per heavy atom. The van der Waals surface area contributed by atoms with E-state index in [1.807, 2.05) is 24.3 Å². The van der Waals surface area contributed by atoms with E-state index in [1.54, 1.807) is 0 Å². The molecule has 3 aliphatic rings. The molecule has 3 saturated heterocycles. The summed E-state index contributed by atoms with van der Waals surface area (Å²) < 4.78 is 0. The number of piperidine rings is 2. The van der Waals surface area contributed by atoms with Gasteiger partial charge in [-0.1, -0.05) is 48.5 Å². The van der Waals surface area contributed by atoms with Crippen LogP contribution in [0.4, 0.5) is 0 Å². The monoisotopic (exact) mass is 512 g/mol. The summed E-state index contributed by atoms with van der Waals surface area (Å²) in [6.07, 6.45) is 4.01. The Hall–Kier alpha value is -2.96. The second-order valence-corrected chi connectivity index (χ2v) is 11.8. The van der Waals surface area contributed by atoms with Gasteiger partial charge in [-0.25, -0.2) is 0 Å². The Labute approximate surface area is 225 Å². The number of piperazine rings is 1. The molecule has 0 aliphatic carbocycles. The van der Waals surface area contributed by atoms with Gasteiger partial charge in [0.1, 0.15) is 0 Å². The molecule has 1 N–H and O–H groups in total. The molecule has 0 aromatic heterocycles. The maximum atomic E-state index is 13.9. The van der Waals surface area contributed by atoms with E-state index in [4.69, 9.17) is 0 Å². The molecular formula is C32H40N4O2. The lowest BCUT2D eigenvalue weighted by atomic mass is 9.91. The molecule has 6 heteroatoms. The molecule has 3 aromatic rings. The summed E-state index contributed by atoms with van der Waals surface area (Å²) in [5, 5.41) is 7.83. The zero-order valence-electron chi connectivity index (χ0n) is 22.7. The Morgan fingerprint density at radius 1 is 0.763 bits per heavy atom. The smallest absolute Gasteiger partial charge is 0.255 e. The summed E-state index contributed by atoms with van der Waals surface area (Å²) in [4.78, 5) is 34.0. The van der Waals surface area contributed by atoms with Gasteiger partial charge in [-0.3, -0.25) is 14.5 Å². The number of nitrogens with one attached hydrogen (secondary N) is 1. The lowest BCUT2D eigenvalue weighted by molar-refractivity contribution is -0.139. The first-order chi connectivity index (χ1) is 18.5. The maximum Gasteiger partial charge on any atom is 0.255 e. The summed E-state index contributed by atoms with van der Waals surface area (Å²) in [5.41, 5.74) is 0.834. The van der Waals surface area contributed by atoms with Crippen molar-refractivity contribution in [1.82, 2.24) is 20.0 Å². The fraction of sp³-hybridized carbons (Fsp3) is 0.500. The van der Waals surface area contributed by atoms with Gasteiger partial charge in [0.25, 0.3) is 5.91 Å². The molecule has 6 nitrogen and oxygen atoms in total. The SMILES string of the molecule is CC1CN(C(=O)C2CCCN(C3CCN(C(=O)c4c5ccccc5cc5ccccc45)CC3)C2)CC(C)N1. The van der Waals surface area contributed by atoms with Crippen LogP contribution in [0, 0.1) is 5.92 Å². The van der Waals surface area contributed by atoms with Gasteiger partial charge in [0.05, 0.1) is 11.5 Å². The number of fused-ring (bicyclic) bond motifs is 2. The molecule has 200 valence electrons. The molecular weight excluding hydrogens is 472 g/mol. The zero-order valence-corrected chi connectivity index (χ0v) is 22.7.